The minimum Gasteiger partial charge on any atom is -0.393 e. The van der Waals surface area contributed by atoms with E-state index in [4.69, 9.17) is 28.2 Å². The zero-order valence-electron chi connectivity index (χ0n) is 16.7. The highest BCUT2D eigenvalue weighted by atomic mass is 35.5. The molecule has 0 amide bonds. The van der Waals surface area contributed by atoms with Crippen LogP contribution in [0.2, 0.25) is 10.0 Å². The summed E-state index contributed by atoms with van der Waals surface area (Å²) in [6, 6.07) is 9.27. The molecule has 0 spiro atoms. The summed E-state index contributed by atoms with van der Waals surface area (Å²) in [5.74, 6) is 0.788. The SMILES string of the molecule is OC1CCN(C2=CC(O)N(c3ccc(C(F)(F)F)cc3)C(c3ccc(Cl)cc3Cl)=N2)CC1. The molecule has 0 radical (unpaired) electrons. The predicted octanol–water partition coefficient (Wildman–Crippen LogP) is 4.90. The minimum absolute atomic E-state index is 0.280. The highest BCUT2D eigenvalue weighted by Gasteiger charge is 2.33. The second-order valence-electron chi connectivity index (χ2n) is 7.63. The molecule has 10 heteroatoms. The van der Waals surface area contributed by atoms with Crippen LogP contribution in [0.1, 0.15) is 24.0 Å². The number of halogens is 5. The third-order valence-electron chi connectivity index (χ3n) is 5.44. The van der Waals surface area contributed by atoms with Gasteiger partial charge < -0.3 is 15.1 Å². The van der Waals surface area contributed by atoms with Crippen LogP contribution in [0.5, 0.6) is 0 Å². The summed E-state index contributed by atoms with van der Waals surface area (Å²) < 4.78 is 39.0. The van der Waals surface area contributed by atoms with Gasteiger partial charge in [-0.1, -0.05) is 23.2 Å². The van der Waals surface area contributed by atoms with Crippen molar-refractivity contribution in [1.82, 2.24) is 4.90 Å². The molecule has 2 aromatic rings. The Balaban J connectivity index is 1.76. The number of aliphatic hydroxyl groups excluding tert-OH is 2. The van der Waals surface area contributed by atoms with E-state index >= 15 is 0 Å². The van der Waals surface area contributed by atoms with E-state index in [-0.39, 0.29) is 17.0 Å². The number of benzene rings is 2. The Hall–Kier alpha value is -2.26. The van der Waals surface area contributed by atoms with Crippen LogP contribution in [0, 0.1) is 0 Å². The first kappa shape index (κ1) is 22.9. The first-order valence-electron chi connectivity index (χ1n) is 9.97. The maximum atomic E-state index is 13.0. The summed E-state index contributed by atoms with van der Waals surface area (Å²) in [6.07, 6.45) is -3.37. The zero-order valence-corrected chi connectivity index (χ0v) is 18.2. The van der Waals surface area contributed by atoms with Crippen molar-refractivity contribution in [1.29, 1.82) is 0 Å². The van der Waals surface area contributed by atoms with Crippen LogP contribution >= 0.6 is 23.2 Å². The first-order valence-corrected chi connectivity index (χ1v) is 10.7. The quantitative estimate of drug-likeness (QED) is 0.649. The van der Waals surface area contributed by atoms with E-state index in [9.17, 15) is 23.4 Å². The molecular weight excluding hydrogens is 466 g/mol. The van der Waals surface area contributed by atoms with Crippen molar-refractivity contribution in [2.24, 2.45) is 4.99 Å². The third kappa shape index (κ3) is 4.73. The molecule has 0 saturated carbocycles. The van der Waals surface area contributed by atoms with Crippen LogP contribution in [0.4, 0.5) is 18.9 Å². The average Bonchev–Trinajstić information content (AvgIpc) is 2.73. The zero-order chi connectivity index (χ0) is 23.0. The molecular formula is C22H20Cl2F3N3O2. The maximum absolute atomic E-state index is 13.0. The van der Waals surface area contributed by atoms with E-state index in [0.717, 1.165) is 12.1 Å². The van der Waals surface area contributed by atoms with Gasteiger partial charge in [0, 0.05) is 35.4 Å². The van der Waals surface area contributed by atoms with Crippen molar-refractivity contribution in [2.75, 3.05) is 18.0 Å². The molecule has 1 fully saturated rings. The number of hydrogen-bond donors (Lipinski definition) is 2. The number of rotatable bonds is 3. The van der Waals surface area contributed by atoms with Gasteiger partial charge in [-0.3, -0.25) is 4.90 Å². The van der Waals surface area contributed by atoms with E-state index in [1.807, 2.05) is 4.90 Å². The maximum Gasteiger partial charge on any atom is 0.416 e. The minimum atomic E-state index is -4.47. The number of alkyl halides is 3. The van der Waals surface area contributed by atoms with Crippen LogP contribution in [0.3, 0.4) is 0 Å². The number of aliphatic imine (C=N–C) groups is 1. The van der Waals surface area contributed by atoms with E-state index in [1.165, 1.54) is 29.2 Å². The van der Waals surface area contributed by atoms with Crippen molar-refractivity contribution < 1.29 is 23.4 Å². The summed E-state index contributed by atoms with van der Waals surface area (Å²) in [5.41, 5.74) is -0.00355. The topological polar surface area (TPSA) is 59.3 Å². The summed E-state index contributed by atoms with van der Waals surface area (Å²) >= 11 is 12.4. The number of amidine groups is 1. The van der Waals surface area contributed by atoms with Crippen molar-refractivity contribution in [3.8, 4) is 0 Å². The van der Waals surface area contributed by atoms with Gasteiger partial charge in [-0.25, -0.2) is 4.99 Å². The molecule has 0 bridgehead atoms. The fourth-order valence-electron chi connectivity index (χ4n) is 3.75. The molecule has 170 valence electrons. The number of piperidine rings is 1. The molecule has 0 aliphatic carbocycles. The normalized spacial score (nSPS) is 20.3. The lowest BCUT2D eigenvalue weighted by Crippen LogP contribution is -2.45. The van der Waals surface area contributed by atoms with Gasteiger partial charge in [-0.05, 0) is 55.3 Å². The Morgan fingerprint density at radius 3 is 2.22 bits per heavy atom. The van der Waals surface area contributed by atoms with E-state index < -0.39 is 18.0 Å². The molecule has 1 atom stereocenters. The molecule has 2 aromatic carbocycles. The molecule has 2 aliphatic heterocycles. The van der Waals surface area contributed by atoms with Crippen LogP contribution in [-0.2, 0) is 6.18 Å². The van der Waals surface area contributed by atoms with Crippen molar-refractivity contribution >= 4 is 34.7 Å². The van der Waals surface area contributed by atoms with Gasteiger partial charge in [0.05, 0.1) is 16.7 Å². The van der Waals surface area contributed by atoms with Gasteiger partial charge >= 0.3 is 6.18 Å². The molecule has 1 unspecified atom stereocenters. The van der Waals surface area contributed by atoms with E-state index in [0.29, 0.717) is 48.0 Å². The van der Waals surface area contributed by atoms with Crippen LogP contribution < -0.4 is 4.90 Å². The first-order chi connectivity index (χ1) is 15.1. The fraction of sp³-hybridized carbons (Fsp3) is 0.318. The number of aliphatic hydroxyl groups is 2. The Bertz CT molecular complexity index is 1050. The monoisotopic (exact) mass is 485 g/mol. The molecule has 5 nitrogen and oxygen atoms in total. The Morgan fingerprint density at radius 2 is 1.62 bits per heavy atom. The molecule has 2 heterocycles. The second-order valence-corrected chi connectivity index (χ2v) is 8.47. The highest BCUT2D eigenvalue weighted by Crippen LogP contribution is 2.34. The lowest BCUT2D eigenvalue weighted by Gasteiger charge is -2.38. The second kappa shape index (κ2) is 8.94. The van der Waals surface area contributed by atoms with E-state index in [1.54, 1.807) is 12.1 Å². The molecule has 32 heavy (non-hydrogen) atoms. The number of anilines is 1. The summed E-state index contributed by atoms with van der Waals surface area (Å²) in [5, 5.41) is 21.5. The summed E-state index contributed by atoms with van der Waals surface area (Å²) in [7, 11) is 0. The Labute approximate surface area is 193 Å². The summed E-state index contributed by atoms with van der Waals surface area (Å²) in [6.45, 7) is 1.12. The Kier molecular flexibility index (Phi) is 6.40. The standard InChI is InChI=1S/C22H20Cl2F3N3O2/c23-14-3-6-17(18(24)11-14)21-28-19(29-9-7-16(31)8-10-29)12-20(32)30(21)15-4-1-13(2-5-15)22(25,26)27/h1-6,11-12,16,20,31-32H,7-10H2. The van der Waals surface area contributed by atoms with Crippen molar-refractivity contribution in [3.05, 3.63) is 75.5 Å². The van der Waals surface area contributed by atoms with Gasteiger partial charge in [0.2, 0.25) is 0 Å². The summed E-state index contributed by atoms with van der Waals surface area (Å²) in [4.78, 5) is 8.07. The largest absolute Gasteiger partial charge is 0.416 e. The lowest BCUT2D eigenvalue weighted by molar-refractivity contribution is -0.137. The number of nitrogens with zero attached hydrogens (tertiary/aromatic N) is 3. The highest BCUT2D eigenvalue weighted by molar-refractivity contribution is 6.37. The molecule has 1 saturated heterocycles. The Morgan fingerprint density at radius 1 is 0.969 bits per heavy atom. The van der Waals surface area contributed by atoms with Crippen molar-refractivity contribution in [3.63, 3.8) is 0 Å². The van der Waals surface area contributed by atoms with Crippen LogP contribution in [0.25, 0.3) is 0 Å². The van der Waals surface area contributed by atoms with Crippen molar-refractivity contribution in [2.45, 2.75) is 31.3 Å². The van der Waals surface area contributed by atoms with Crippen LogP contribution in [-0.4, -0.2) is 46.4 Å². The van der Waals surface area contributed by atoms with Crippen LogP contribution in [0.15, 0.2) is 59.4 Å². The van der Waals surface area contributed by atoms with E-state index in [2.05, 4.69) is 0 Å². The third-order valence-corrected chi connectivity index (χ3v) is 5.99. The van der Waals surface area contributed by atoms with Gasteiger partial charge in [0.25, 0.3) is 0 Å². The number of hydrogen-bond acceptors (Lipinski definition) is 5. The van der Waals surface area contributed by atoms with Gasteiger partial charge in [-0.15, -0.1) is 0 Å². The molecule has 2 N–H and O–H groups in total. The molecule has 0 aromatic heterocycles. The molecule has 2 aliphatic rings. The average molecular weight is 486 g/mol. The van der Waals surface area contributed by atoms with Gasteiger partial charge in [0.1, 0.15) is 11.7 Å². The fourth-order valence-corrected chi connectivity index (χ4v) is 4.24. The number of likely N-dealkylation sites (tertiary alicyclic amines) is 1. The van der Waals surface area contributed by atoms with Gasteiger partial charge in [-0.2, -0.15) is 13.2 Å². The predicted molar refractivity (Wildman–Crippen MR) is 118 cm³/mol. The smallest absolute Gasteiger partial charge is 0.393 e. The molecule has 4 rings (SSSR count). The lowest BCUT2D eigenvalue weighted by atomic mass is 10.1. The van der Waals surface area contributed by atoms with Gasteiger partial charge in [0.15, 0.2) is 6.23 Å².